The second-order valence-electron chi connectivity index (χ2n) is 5.82. The van der Waals surface area contributed by atoms with Crippen molar-refractivity contribution < 1.29 is 9.53 Å². The molecule has 2 rings (SSSR count). The molecule has 2 aromatic rings. The van der Waals surface area contributed by atoms with Crippen LogP contribution in [0.4, 0.5) is 0 Å². The van der Waals surface area contributed by atoms with Crippen LogP contribution in [-0.4, -0.2) is 18.1 Å². The van der Waals surface area contributed by atoms with E-state index in [-0.39, 0.29) is 11.9 Å². The van der Waals surface area contributed by atoms with Crippen molar-refractivity contribution in [2.45, 2.75) is 39.3 Å². The molecule has 3 nitrogen and oxygen atoms in total. The Labute approximate surface area is 146 Å². The van der Waals surface area contributed by atoms with E-state index in [1.807, 2.05) is 50.2 Å². The largest absolute Gasteiger partial charge is 0.481 e. The summed E-state index contributed by atoms with van der Waals surface area (Å²) in [6.07, 6.45) is 0.264. The number of carbonyl (C=O) groups is 1. The van der Waals surface area contributed by atoms with Gasteiger partial charge in [0.25, 0.3) is 5.91 Å². The fourth-order valence-corrected chi connectivity index (χ4v) is 2.60. The van der Waals surface area contributed by atoms with Gasteiger partial charge in [0, 0.05) is 10.5 Å². The molecule has 2 atom stereocenters. The van der Waals surface area contributed by atoms with Crippen LogP contribution in [0.25, 0.3) is 0 Å². The maximum atomic E-state index is 12.2. The van der Waals surface area contributed by atoms with Crippen molar-refractivity contribution in [1.82, 2.24) is 5.32 Å². The molecule has 0 saturated carbocycles. The predicted octanol–water partition coefficient (Wildman–Crippen LogP) is 4.27. The molecule has 0 aliphatic heterocycles. The van der Waals surface area contributed by atoms with Crippen molar-refractivity contribution in [3.8, 4) is 5.75 Å². The first-order valence-electron chi connectivity index (χ1n) is 7.72. The van der Waals surface area contributed by atoms with E-state index in [0.29, 0.717) is 5.75 Å². The van der Waals surface area contributed by atoms with Crippen molar-refractivity contribution in [1.29, 1.82) is 0 Å². The number of carbonyl (C=O) groups excluding carboxylic acids is 1. The molecule has 0 radical (unpaired) electrons. The lowest BCUT2D eigenvalue weighted by Gasteiger charge is -2.19. The van der Waals surface area contributed by atoms with Gasteiger partial charge in [0.15, 0.2) is 6.10 Å². The summed E-state index contributed by atoms with van der Waals surface area (Å²) in [4.78, 5) is 12.2. The number of benzene rings is 2. The van der Waals surface area contributed by atoms with Gasteiger partial charge in [-0.1, -0.05) is 40.2 Å². The van der Waals surface area contributed by atoms with Crippen molar-refractivity contribution in [2.24, 2.45) is 0 Å². The van der Waals surface area contributed by atoms with Crippen molar-refractivity contribution in [2.75, 3.05) is 0 Å². The van der Waals surface area contributed by atoms with Gasteiger partial charge >= 0.3 is 0 Å². The van der Waals surface area contributed by atoms with Crippen LogP contribution in [0.2, 0.25) is 0 Å². The molecule has 4 heteroatoms. The number of aryl methyl sites for hydroxylation is 1. The number of hydrogen-bond acceptors (Lipinski definition) is 2. The Bertz CT molecular complexity index is 655. The average molecular weight is 376 g/mol. The Hall–Kier alpha value is -1.81. The first kappa shape index (κ1) is 17.5. The number of halogens is 1. The number of rotatable bonds is 6. The minimum atomic E-state index is -0.524. The minimum absolute atomic E-state index is 0.0484. The number of nitrogens with one attached hydrogen (secondary N) is 1. The highest BCUT2D eigenvalue weighted by Gasteiger charge is 2.17. The van der Waals surface area contributed by atoms with Gasteiger partial charge in [-0.15, -0.1) is 0 Å². The first-order chi connectivity index (χ1) is 10.9. The summed E-state index contributed by atoms with van der Waals surface area (Å²) >= 11 is 3.42. The van der Waals surface area contributed by atoms with Crippen LogP contribution in [0.15, 0.2) is 53.0 Å². The SMILES string of the molecule is Cc1cccc(OC(C)C(=O)NC(C)Cc2ccc(Br)cc2)c1. The topological polar surface area (TPSA) is 38.3 Å². The van der Waals surface area contributed by atoms with Crippen LogP contribution in [0.5, 0.6) is 5.75 Å². The van der Waals surface area contributed by atoms with Gasteiger partial charge < -0.3 is 10.1 Å². The van der Waals surface area contributed by atoms with Crippen LogP contribution in [0.3, 0.4) is 0 Å². The van der Waals surface area contributed by atoms with E-state index >= 15 is 0 Å². The highest BCUT2D eigenvalue weighted by Crippen LogP contribution is 2.15. The molecular weight excluding hydrogens is 354 g/mol. The number of amides is 1. The van der Waals surface area contributed by atoms with Crippen LogP contribution >= 0.6 is 15.9 Å². The third-order valence-electron chi connectivity index (χ3n) is 3.52. The highest BCUT2D eigenvalue weighted by atomic mass is 79.9. The second-order valence-corrected chi connectivity index (χ2v) is 6.73. The molecule has 2 unspecified atom stereocenters. The normalized spacial score (nSPS) is 13.2. The zero-order valence-corrected chi connectivity index (χ0v) is 15.3. The van der Waals surface area contributed by atoms with Crippen LogP contribution in [0.1, 0.15) is 25.0 Å². The van der Waals surface area contributed by atoms with Crippen molar-refractivity contribution in [3.63, 3.8) is 0 Å². The Morgan fingerprint density at radius 3 is 2.52 bits per heavy atom. The van der Waals surface area contributed by atoms with Crippen molar-refractivity contribution in [3.05, 3.63) is 64.1 Å². The van der Waals surface area contributed by atoms with Gasteiger partial charge in [0.1, 0.15) is 5.75 Å². The molecule has 0 saturated heterocycles. The molecule has 0 spiro atoms. The standard InChI is InChI=1S/C19H22BrNO2/c1-13-5-4-6-18(11-13)23-15(3)19(22)21-14(2)12-16-7-9-17(20)10-8-16/h4-11,14-15H,12H2,1-3H3,(H,21,22). The first-order valence-corrected chi connectivity index (χ1v) is 8.51. The summed E-state index contributed by atoms with van der Waals surface area (Å²) in [7, 11) is 0. The summed E-state index contributed by atoms with van der Waals surface area (Å²) in [6.45, 7) is 5.77. The monoisotopic (exact) mass is 375 g/mol. The van der Waals surface area contributed by atoms with Crippen LogP contribution in [-0.2, 0) is 11.2 Å². The fourth-order valence-electron chi connectivity index (χ4n) is 2.33. The van der Waals surface area contributed by atoms with Gasteiger partial charge in [-0.05, 0) is 62.6 Å². The highest BCUT2D eigenvalue weighted by molar-refractivity contribution is 9.10. The number of hydrogen-bond donors (Lipinski definition) is 1. The molecule has 0 bridgehead atoms. The van der Waals surface area contributed by atoms with E-state index in [1.54, 1.807) is 6.92 Å². The van der Waals surface area contributed by atoms with Gasteiger partial charge in [-0.3, -0.25) is 4.79 Å². The van der Waals surface area contributed by atoms with E-state index in [1.165, 1.54) is 5.56 Å². The van der Waals surface area contributed by atoms with Crippen molar-refractivity contribution >= 4 is 21.8 Å². The molecule has 0 aliphatic rings. The van der Waals surface area contributed by atoms with Gasteiger partial charge in [-0.25, -0.2) is 0 Å². The Morgan fingerprint density at radius 1 is 1.17 bits per heavy atom. The molecule has 1 N–H and O–H groups in total. The second kappa shape index (κ2) is 8.16. The van der Waals surface area contributed by atoms with E-state index in [2.05, 4.69) is 33.4 Å². The molecule has 1 amide bonds. The molecule has 122 valence electrons. The van der Waals surface area contributed by atoms with Crippen LogP contribution in [0, 0.1) is 6.92 Å². The van der Waals surface area contributed by atoms with E-state index in [0.717, 1.165) is 16.5 Å². The maximum Gasteiger partial charge on any atom is 0.260 e. The molecule has 23 heavy (non-hydrogen) atoms. The van der Waals surface area contributed by atoms with Gasteiger partial charge in [0.05, 0.1) is 0 Å². The summed E-state index contributed by atoms with van der Waals surface area (Å²) < 4.78 is 6.76. The maximum absolute atomic E-state index is 12.2. The summed E-state index contributed by atoms with van der Waals surface area (Å²) in [5, 5.41) is 3.00. The third-order valence-corrected chi connectivity index (χ3v) is 4.04. The molecule has 0 fully saturated rings. The van der Waals surface area contributed by atoms with Gasteiger partial charge in [-0.2, -0.15) is 0 Å². The predicted molar refractivity (Wildman–Crippen MR) is 96.7 cm³/mol. The zero-order valence-electron chi connectivity index (χ0n) is 13.7. The lowest BCUT2D eigenvalue weighted by atomic mass is 10.1. The molecule has 0 heterocycles. The smallest absolute Gasteiger partial charge is 0.260 e. The Kier molecular flexibility index (Phi) is 6.22. The lowest BCUT2D eigenvalue weighted by Crippen LogP contribution is -2.42. The van der Waals surface area contributed by atoms with E-state index < -0.39 is 6.10 Å². The minimum Gasteiger partial charge on any atom is -0.481 e. The van der Waals surface area contributed by atoms with E-state index in [4.69, 9.17) is 4.74 Å². The van der Waals surface area contributed by atoms with E-state index in [9.17, 15) is 4.79 Å². The van der Waals surface area contributed by atoms with Crippen LogP contribution < -0.4 is 10.1 Å². The Balaban J connectivity index is 1.86. The lowest BCUT2D eigenvalue weighted by molar-refractivity contribution is -0.127. The number of ether oxygens (including phenoxy) is 1. The molecular formula is C19H22BrNO2. The quantitative estimate of drug-likeness (QED) is 0.818. The molecule has 0 aliphatic carbocycles. The van der Waals surface area contributed by atoms with Gasteiger partial charge in [0.2, 0.25) is 0 Å². The molecule has 2 aromatic carbocycles. The summed E-state index contributed by atoms with van der Waals surface area (Å²) in [5.74, 6) is 0.615. The Morgan fingerprint density at radius 2 is 1.87 bits per heavy atom. The summed E-state index contributed by atoms with van der Waals surface area (Å²) in [5.41, 5.74) is 2.30. The fraction of sp³-hybridized carbons (Fsp3) is 0.316. The zero-order chi connectivity index (χ0) is 16.8. The molecule has 0 aromatic heterocycles. The summed E-state index contributed by atoms with van der Waals surface area (Å²) in [6, 6.07) is 15.9. The average Bonchev–Trinajstić information content (AvgIpc) is 2.49. The third kappa shape index (κ3) is 5.71.